The smallest absolute Gasteiger partial charge is 0.855 e. The van der Waals surface area contributed by atoms with Gasteiger partial charge in [-0.1, -0.05) is 7.43 Å². The number of carboxylic acids is 2. The average molecular weight is 637 g/mol. The number of aliphatic carboxylic acids is 2. The number of hydrogen-bond acceptors (Lipinski definition) is 5. The molecular weight excluding hydrogens is 628 g/mol. The fourth-order valence-corrected chi connectivity index (χ4v) is 0.633. The minimum absolute atomic E-state index is 0. The van der Waals surface area contributed by atoms with Gasteiger partial charge in [-0.3, -0.25) is 4.99 Å². The van der Waals surface area contributed by atoms with Crippen LogP contribution in [-0.4, -0.2) is 68.8 Å². The van der Waals surface area contributed by atoms with Gasteiger partial charge in [0.25, 0.3) is 0 Å². The molecule has 3 radical (unpaired) electrons. The van der Waals surface area contributed by atoms with Gasteiger partial charge >= 0.3 is 51.8 Å². The third-order valence-electron chi connectivity index (χ3n) is 1.65. The number of halogens is 9. The Hall–Kier alpha value is -2.04. The van der Waals surface area contributed by atoms with Gasteiger partial charge in [0.2, 0.25) is 0 Å². The molecule has 1 aliphatic rings. The van der Waals surface area contributed by atoms with Crippen LogP contribution in [0.5, 0.6) is 0 Å². The molecule has 16 heteroatoms. The molecule has 0 fully saturated rings. The van der Waals surface area contributed by atoms with E-state index >= 15 is 0 Å². The van der Waals surface area contributed by atoms with E-state index < -0.39 is 36.4 Å². The molecular formula is C13H9F9NO5Pb. The molecule has 0 aromatic heterocycles. The maximum Gasteiger partial charge on any atom is 2.00 e. The summed E-state index contributed by atoms with van der Waals surface area (Å²) in [6.07, 6.45) is -9.89. The van der Waals surface area contributed by atoms with E-state index in [-0.39, 0.29) is 40.4 Å². The topological polar surface area (TPSA) is 113 Å². The average Bonchev–Trinajstić information content (AvgIpc) is 2.46. The number of aliphatic imine (C=N–C) groups is 1. The molecule has 0 aliphatic heterocycles. The van der Waals surface area contributed by atoms with Crippen LogP contribution < -0.4 is 10.2 Å². The number of allylic oxidation sites excluding steroid dienone is 2. The summed E-state index contributed by atoms with van der Waals surface area (Å²) in [5, 5.41) is 26.2. The molecule has 0 amide bonds. The molecule has 0 atom stereocenters. The third kappa shape index (κ3) is 19.1. The molecule has 0 aromatic rings. The van der Waals surface area contributed by atoms with Gasteiger partial charge in [-0.2, -0.15) is 39.5 Å². The summed E-state index contributed by atoms with van der Waals surface area (Å²) in [6.45, 7) is 0. The predicted octanol–water partition coefficient (Wildman–Crippen LogP) is 1.31. The summed E-state index contributed by atoms with van der Waals surface area (Å²) in [5.41, 5.74) is 2.57. The van der Waals surface area contributed by atoms with Crippen molar-refractivity contribution in [1.82, 2.24) is 0 Å². The summed E-state index contributed by atoms with van der Waals surface area (Å²) < 4.78 is 98.3. The second-order valence-corrected chi connectivity index (χ2v) is 3.76. The minimum Gasteiger partial charge on any atom is -0.855 e. The Balaban J connectivity index is -0.000000170. The number of carbonyl (C=O) groups excluding carboxylic acids is 1. The van der Waals surface area contributed by atoms with Crippen molar-refractivity contribution in [3.05, 3.63) is 36.1 Å². The molecule has 0 unspecified atom stereocenters. The SMILES string of the molecule is C.O=C(O)C(F)(F)F.O=C([O-])C(F)(F)F.[O-]C(=NC1=CC=C=C[CH]1)C(F)(F)F.[Pb+2]. The number of nitrogens with zero attached hydrogens (tertiary/aromatic N) is 1. The molecule has 163 valence electrons. The summed E-state index contributed by atoms with van der Waals surface area (Å²) in [5.74, 6) is -7.86. The maximum absolute atomic E-state index is 11.7. The van der Waals surface area contributed by atoms with Crippen LogP contribution in [0.4, 0.5) is 39.5 Å². The second kappa shape index (κ2) is 14.0. The van der Waals surface area contributed by atoms with Gasteiger partial charge < -0.3 is 20.1 Å². The van der Waals surface area contributed by atoms with Crippen LogP contribution in [0.2, 0.25) is 0 Å². The van der Waals surface area contributed by atoms with Crippen LogP contribution in [0.25, 0.3) is 0 Å². The molecule has 0 aromatic carbocycles. The fourth-order valence-electron chi connectivity index (χ4n) is 0.633. The van der Waals surface area contributed by atoms with Gasteiger partial charge in [0.15, 0.2) is 0 Å². The molecule has 0 saturated carbocycles. The van der Waals surface area contributed by atoms with Crippen LogP contribution in [0.3, 0.4) is 0 Å². The number of carboxylic acid groups (broad SMARTS) is 2. The molecule has 1 aliphatic carbocycles. The van der Waals surface area contributed by atoms with Crippen LogP contribution in [-0.2, 0) is 9.59 Å². The Morgan fingerprint density at radius 1 is 0.897 bits per heavy atom. The molecule has 0 spiro atoms. The minimum atomic E-state index is -5.19. The van der Waals surface area contributed by atoms with E-state index in [2.05, 4.69) is 10.7 Å². The van der Waals surface area contributed by atoms with Crippen LogP contribution in [0, 0.1) is 6.42 Å². The first kappa shape index (κ1) is 34.5. The summed E-state index contributed by atoms with van der Waals surface area (Å²) in [4.78, 5) is 20.5. The first-order valence-electron chi connectivity index (χ1n) is 5.76. The molecule has 29 heavy (non-hydrogen) atoms. The van der Waals surface area contributed by atoms with Crippen molar-refractivity contribution in [3.63, 3.8) is 0 Å². The van der Waals surface area contributed by atoms with E-state index in [0.29, 0.717) is 0 Å². The largest absolute Gasteiger partial charge is 2.00 e. The Morgan fingerprint density at radius 3 is 1.48 bits per heavy atom. The van der Waals surface area contributed by atoms with Gasteiger partial charge in [0.1, 0.15) is 5.97 Å². The van der Waals surface area contributed by atoms with Gasteiger partial charge in [-0.05, 0) is 18.2 Å². The Labute approximate surface area is 176 Å². The van der Waals surface area contributed by atoms with Gasteiger partial charge in [0, 0.05) is 12.1 Å². The van der Waals surface area contributed by atoms with Crippen molar-refractivity contribution >= 4 is 45.1 Å². The summed E-state index contributed by atoms with van der Waals surface area (Å²) in [7, 11) is 0. The quantitative estimate of drug-likeness (QED) is 0.153. The molecule has 1 rings (SSSR count). The standard InChI is InChI=1S/C8H5F3NO.2C2HF3O2.CH4.Pb/c9-8(10,11)7(13)12-6-4-2-1-3-5-6;2*3-2(4,5)1(6)7;;/h2-5H,(H,12,13);2*(H,6,7);1H4;/q;;;;+2/p-2. The zero-order valence-electron chi connectivity index (χ0n) is 12.7. The van der Waals surface area contributed by atoms with Gasteiger partial charge in [-0.25, -0.2) is 4.79 Å². The first-order chi connectivity index (χ1) is 11.9. The van der Waals surface area contributed by atoms with Crippen LogP contribution >= 0.6 is 0 Å². The fraction of sp³-hybridized carbons (Fsp3) is 0.308. The number of alkyl halides is 9. The zero-order chi connectivity index (χ0) is 22.1. The van der Waals surface area contributed by atoms with Gasteiger partial charge in [0.05, 0.1) is 5.90 Å². The van der Waals surface area contributed by atoms with E-state index in [9.17, 15) is 44.6 Å². The van der Waals surface area contributed by atoms with Crippen molar-refractivity contribution in [2.24, 2.45) is 4.99 Å². The van der Waals surface area contributed by atoms with E-state index in [1.165, 1.54) is 24.6 Å². The Bertz CT molecular complexity index is 633. The van der Waals surface area contributed by atoms with Crippen molar-refractivity contribution in [2.75, 3.05) is 0 Å². The van der Waals surface area contributed by atoms with Gasteiger partial charge in [-0.15, -0.1) is 5.73 Å². The maximum atomic E-state index is 11.7. The Kier molecular flexibility index (Phi) is 16.7. The van der Waals surface area contributed by atoms with Crippen molar-refractivity contribution < 1.29 is 64.4 Å². The van der Waals surface area contributed by atoms with Crippen LogP contribution in [0.15, 0.2) is 34.6 Å². The van der Waals surface area contributed by atoms with Crippen molar-refractivity contribution in [1.29, 1.82) is 0 Å². The number of carbonyl (C=O) groups is 2. The normalized spacial score (nSPS) is 13.3. The summed E-state index contributed by atoms with van der Waals surface area (Å²) >= 11 is 0. The van der Waals surface area contributed by atoms with Crippen molar-refractivity contribution in [2.45, 2.75) is 26.0 Å². The van der Waals surface area contributed by atoms with E-state index in [0.717, 1.165) is 0 Å². The first-order valence-corrected chi connectivity index (χ1v) is 5.76. The van der Waals surface area contributed by atoms with E-state index in [4.69, 9.17) is 19.8 Å². The van der Waals surface area contributed by atoms with Crippen molar-refractivity contribution in [3.8, 4) is 0 Å². The monoisotopic (exact) mass is 638 g/mol. The summed E-state index contributed by atoms with van der Waals surface area (Å²) in [6, 6.07) is 0. The van der Waals surface area contributed by atoms with Crippen LogP contribution in [0.1, 0.15) is 7.43 Å². The van der Waals surface area contributed by atoms with E-state index in [1.807, 2.05) is 0 Å². The molecule has 0 saturated heterocycles. The predicted molar refractivity (Wildman–Crippen MR) is 75.8 cm³/mol. The number of hydrogen-bond donors (Lipinski definition) is 1. The zero-order valence-corrected chi connectivity index (χ0v) is 16.6. The molecule has 0 heterocycles. The second-order valence-electron chi connectivity index (χ2n) is 3.76. The van der Waals surface area contributed by atoms with E-state index in [1.54, 1.807) is 0 Å². The molecule has 0 bridgehead atoms. The Morgan fingerprint density at radius 2 is 1.28 bits per heavy atom. The number of rotatable bonds is 1. The third-order valence-corrected chi connectivity index (χ3v) is 1.65. The molecule has 1 N–H and O–H groups in total. The molecule has 6 nitrogen and oxygen atoms in total.